The first-order valence-electron chi connectivity index (χ1n) is 13.1. The van der Waals surface area contributed by atoms with Gasteiger partial charge in [0.25, 0.3) is 5.56 Å². The first-order valence-corrected chi connectivity index (χ1v) is 13.1. The molecule has 35 heavy (non-hydrogen) atoms. The van der Waals surface area contributed by atoms with Crippen LogP contribution < -0.4 is 10.3 Å². The molecule has 1 saturated carbocycles. The number of amides is 1. The Morgan fingerprint density at radius 1 is 1.06 bits per heavy atom. The van der Waals surface area contributed by atoms with Crippen molar-refractivity contribution in [3.8, 4) is 11.4 Å². The van der Waals surface area contributed by atoms with Crippen molar-refractivity contribution in [2.45, 2.75) is 71.8 Å². The van der Waals surface area contributed by atoms with Crippen LogP contribution >= 0.6 is 0 Å². The quantitative estimate of drug-likeness (QED) is 0.299. The monoisotopic (exact) mass is 475 g/mol. The van der Waals surface area contributed by atoms with Crippen LogP contribution in [0.5, 0.6) is 5.75 Å². The molecule has 4 rings (SSSR count). The largest absolute Gasteiger partial charge is 0.494 e. The molecule has 3 aromatic rings. The first-order chi connectivity index (χ1) is 17.1. The van der Waals surface area contributed by atoms with E-state index in [2.05, 4.69) is 13.8 Å². The van der Waals surface area contributed by atoms with E-state index >= 15 is 0 Å². The maximum Gasteiger partial charge on any atom is 0.266 e. The molecule has 0 N–H and O–H groups in total. The van der Waals surface area contributed by atoms with E-state index in [4.69, 9.17) is 9.72 Å². The lowest BCUT2D eigenvalue weighted by Crippen LogP contribution is -2.40. The molecule has 0 aliphatic heterocycles. The van der Waals surface area contributed by atoms with Crippen LogP contribution in [0.4, 0.5) is 0 Å². The minimum absolute atomic E-state index is 0.112. The van der Waals surface area contributed by atoms with Crippen molar-refractivity contribution in [2.75, 3.05) is 13.2 Å². The molecule has 2 aromatic carbocycles. The van der Waals surface area contributed by atoms with Crippen LogP contribution in [0.3, 0.4) is 0 Å². The SMILES string of the molecule is CCCCCCN(C(=O)C1CC1)C(CC)c1nc2ccccc2c(=O)n1-c1ccc(OCC)cc1. The van der Waals surface area contributed by atoms with Gasteiger partial charge < -0.3 is 9.64 Å². The van der Waals surface area contributed by atoms with Crippen molar-refractivity contribution < 1.29 is 9.53 Å². The second-order valence-corrected chi connectivity index (χ2v) is 9.35. The third-order valence-corrected chi connectivity index (χ3v) is 6.73. The molecule has 1 fully saturated rings. The minimum Gasteiger partial charge on any atom is -0.494 e. The van der Waals surface area contributed by atoms with E-state index in [1.165, 1.54) is 0 Å². The summed E-state index contributed by atoms with van der Waals surface area (Å²) in [4.78, 5) is 34.3. The fourth-order valence-electron chi connectivity index (χ4n) is 4.72. The summed E-state index contributed by atoms with van der Waals surface area (Å²) in [6.07, 6.45) is 6.97. The summed E-state index contributed by atoms with van der Waals surface area (Å²) in [7, 11) is 0. The van der Waals surface area contributed by atoms with Crippen LogP contribution in [-0.2, 0) is 4.79 Å². The van der Waals surface area contributed by atoms with Gasteiger partial charge in [0.05, 0.1) is 29.2 Å². The normalized spacial score (nSPS) is 14.1. The topological polar surface area (TPSA) is 64.4 Å². The Kier molecular flexibility index (Phi) is 8.21. The Bertz CT molecular complexity index is 1200. The highest BCUT2D eigenvalue weighted by atomic mass is 16.5. The summed E-state index contributed by atoms with van der Waals surface area (Å²) < 4.78 is 7.31. The Balaban J connectivity index is 1.83. The van der Waals surface area contributed by atoms with Crippen molar-refractivity contribution in [1.29, 1.82) is 0 Å². The highest BCUT2D eigenvalue weighted by Gasteiger charge is 2.37. The average molecular weight is 476 g/mol. The molecule has 1 aliphatic rings. The van der Waals surface area contributed by atoms with Gasteiger partial charge in [0, 0.05) is 12.5 Å². The molecule has 0 radical (unpaired) electrons. The number of para-hydroxylation sites is 1. The molecule has 1 aliphatic carbocycles. The highest BCUT2D eigenvalue weighted by molar-refractivity contribution is 5.82. The minimum atomic E-state index is -0.270. The van der Waals surface area contributed by atoms with Crippen LogP contribution in [-0.4, -0.2) is 33.5 Å². The van der Waals surface area contributed by atoms with Gasteiger partial charge in [0.1, 0.15) is 11.6 Å². The standard InChI is InChI=1S/C29H37N3O3/c1-4-7-8-11-20-31(28(33)21-14-15-21)26(5-2)27-30-25-13-10-9-12-24(25)29(34)32(27)22-16-18-23(19-17-22)35-6-3/h9-10,12-13,16-19,21,26H,4-8,11,14-15,20H2,1-3H3. The van der Waals surface area contributed by atoms with Gasteiger partial charge in [0.15, 0.2) is 0 Å². The molecular weight excluding hydrogens is 438 g/mol. The van der Waals surface area contributed by atoms with E-state index in [-0.39, 0.29) is 23.4 Å². The number of unbranched alkanes of at least 4 members (excludes halogenated alkanes) is 3. The van der Waals surface area contributed by atoms with Gasteiger partial charge in [0.2, 0.25) is 5.91 Å². The van der Waals surface area contributed by atoms with E-state index < -0.39 is 0 Å². The summed E-state index contributed by atoms with van der Waals surface area (Å²) in [5.41, 5.74) is 1.28. The molecule has 0 spiro atoms. The lowest BCUT2D eigenvalue weighted by molar-refractivity contribution is -0.135. The van der Waals surface area contributed by atoms with Gasteiger partial charge in [-0.3, -0.25) is 14.2 Å². The number of hydrogen-bond acceptors (Lipinski definition) is 4. The zero-order valence-electron chi connectivity index (χ0n) is 21.2. The van der Waals surface area contributed by atoms with Gasteiger partial charge in [-0.2, -0.15) is 0 Å². The smallest absolute Gasteiger partial charge is 0.266 e. The summed E-state index contributed by atoms with van der Waals surface area (Å²) in [6, 6.07) is 14.7. The maximum absolute atomic E-state index is 13.8. The van der Waals surface area contributed by atoms with E-state index in [0.717, 1.165) is 50.0 Å². The van der Waals surface area contributed by atoms with Gasteiger partial charge in [-0.25, -0.2) is 4.98 Å². The number of nitrogens with zero attached hydrogens (tertiary/aromatic N) is 3. The van der Waals surface area contributed by atoms with Crippen LogP contribution in [0.1, 0.15) is 77.6 Å². The number of carbonyl (C=O) groups excluding carboxylic acids is 1. The highest BCUT2D eigenvalue weighted by Crippen LogP contribution is 2.35. The fourth-order valence-corrected chi connectivity index (χ4v) is 4.72. The van der Waals surface area contributed by atoms with Crippen molar-refractivity contribution in [2.24, 2.45) is 5.92 Å². The molecule has 1 aromatic heterocycles. The summed E-state index contributed by atoms with van der Waals surface area (Å²) >= 11 is 0. The van der Waals surface area contributed by atoms with E-state index in [1.807, 2.05) is 60.4 Å². The van der Waals surface area contributed by atoms with Crippen molar-refractivity contribution in [3.63, 3.8) is 0 Å². The van der Waals surface area contributed by atoms with Crippen LogP contribution in [0.25, 0.3) is 16.6 Å². The molecule has 1 atom stereocenters. The number of fused-ring (bicyclic) bond motifs is 1. The molecule has 1 heterocycles. The predicted octanol–water partition coefficient (Wildman–Crippen LogP) is 6.05. The maximum atomic E-state index is 13.8. The third-order valence-electron chi connectivity index (χ3n) is 6.73. The molecule has 6 nitrogen and oxygen atoms in total. The molecule has 0 bridgehead atoms. The van der Waals surface area contributed by atoms with Crippen LogP contribution in [0.15, 0.2) is 53.3 Å². The molecule has 1 unspecified atom stereocenters. The zero-order chi connectivity index (χ0) is 24.8. The van der Waals surface area contributed by atoms with E-state index in [1.54, 1.807) is 4.57 Å². The van der Waals surface area contributed by atoms with Crippen molar-refractivity contribution in [1.82, 2.24) is 14.5 Å². The predicted molar refractivity (Wildman–Crippen MR) is 140 cm³/mol. The van der Waals surface area contributed by atoms with Crippen molar-refractivity contribution in [3.05, 3.63) is 64.7 Å². The number of ether oxygens (including phenoxy) is 1. The average Bonchev–Trinajstić information content (AvgIpc) is 3.72. The van der Waals surface area contributed by atoms with E-state index in [9.17, 15) is 9.59 Å². The van der Waals surface area contributed by atoms with Gasteiger partial charge >= 0.3 is 0 Å². The number of rotatable bonds is 12. The molecular formula is C29H37N3O3. The van der Waals surface area contributed by atoms with Gasteiger partial charge in [-0.1, -0.05) is 45.2 Å². The summed E-state index contributed by atoms with van der Waals surface area (Å²) in [5.74, 6) is 1.70. The summed E-state index contributed by atoms with van der Waals surface area (Å²) in [6.45, 7) is 7.49. The molecule has 1 amide bonds. The fraction of sp³-hybridized carbons (Fsp3) is 0.483. The Labute approximate surface area is 207 Å². The number of aromatic nitrogens is 2. The van der Waals surface area contributed by atoms with Crippen LogP contribution in [0.2, 0.25) is 0 Å². The summed E-state index contributed by atoms with van der Waals surface area (Å²) in [5, 5.41) is 0.572. The number of carbonyl (C=O) groups is 1. The number of hydrogen-bond donors (Lipinski definition) is 0. The molecule has 6 heteroatoms. The first kappa shape index (κ1) is 25.0. The van der Waals surface area contributed by atoms with Gasteiger partial charge in [-0.15, -0.1) is 0 Å². The second-order valence-electron chi connectivity index (χ2n) is 9.35. The Hall–Kier alpha value is -3.15. The Morgan fingerprint density at radius 2 is 1.80 bits per heavy atom. The lowest BCUT2D eigenvalue weighted by atomic mass is 10.1. The van der Waals surface area contributed by atoms with E-state index in [0.29, 0.717) is 36.3 Å². The van der Waals surface area contributed by atoms with Crippen molar-refractivity contribution >= 4 is 16.8 Å². The zero-order valence-corrected chi connectivity index (χ0v) is 21.2. The third kappa shape index (κ3) is 5.58. The second kappa shape index (κ2) is 11.5. The molecule has 186 valence electrons. The number of benzene rings is 2. The molecule has 0 saturated heterocycles. The van der Waals surface area contributed by atoms with Crippen LogP contribution in [0, 0.1) is 5.92 Å². The lowest BCUT2D eigenvalue weighted by Gasteiger charge is -2.32. The Morgan fingerprint density at radius 3 is 2.46 bits per heavy atom. The van der Waals surface area contributed by atoms with Gasteiger partial charge in [-0.05, 0) is 69.0 Å².